The van der Waals surface area contributed by atoms with Crippen molar-refractivity contribution in [2.75, 3.05) is 5.32 Å². The number of aliphatic hydroxyl groups is 1. The Morgan fingerprint density at radius 3 is 2.24 bits per heavy atom. The number of rotatable bonds is 4. The normalized spacial score (nSPS) is 19.0. The molecular formula is C20H21FN2O5S. The highest BCUT2D eigenvalue weighted by Crippen LogP contribution is 2.46. The lowest BCUT2D eigenvalue weighted by molar-refractivity contribution is 0.150. The van der Waals surface area contributed by atoms with Crippen molar-refractivity contribution in [3.05, 3.63) is 46.0 Å². The monoisotopic (exact) mass is 420 g/mol. The molecule has 1 aromatic heterocycles. The summed E-state index contributed by atoms with van der Waals surface area (Å²) in [4.78, 5) is 12.5. The molecule has 1 saturated carbocycles. The minimum atomic E-state index is -4.24. The van der Waals surface area contributed by atoms with Gasteiger partial charge in [0.2, 0.25) is 5.09 Å². The van der Waals surface area contributed by atoms with E-state index in [0.29, 0.717) is 60.9 Å². The number of hydrogen-bond donors (Lipinski definition) is 3. The number of hydrogen-bond acceptors (Lipinski definition) is 5. The summed E-state index contributed by atoms with van der Waals surface area (Å²) in [6.45, 7) is 0. The Morgan fingerprint density at radius 2 is 1.66 bits per heavy atom. The Labute approximate surface area is 167 Å². The fourth-order valence-electron chi connectivity index (χ4n) is 4.46. The first-order chi connectivity index (χ1) is 13.8. The highest BCUT2D eigenvalue weighted by molar-refractivity contribution is 7.89. The maximum absolute atomic E-state index is 14.7. The fourth-order valence-corrected chi connectivity index (χ4v) is 5.31. The topological polar surface area (TPSA) is 109 Å². The van der Waals surface area contributed by atoms with Gasteiger partial charge < -0.3 is 14.8 Å². The van der Waals surface area contributed by atoms with Crippen molar-refractivity contribution < 1.29 is 27.1 Å². The summed E-state index contributed by atoms with van der Waals surface area (Å²) in [5, 5.41) is 12.3. The molecule has 3 N–H and O–H groups in total. The lowest BCUT2D eigenvalue weighted by Gasteiger charge is -2.17. The molecule has 9 heteroatoms. The number of halogens is 1. The quantitative estimate of drug-likeness (QED) is 0.705. The molecule has 1 fully saturated rings. The first-order valence-corrected chi connectivity index (χ1v) is 11.3. The van der Waals surface area contributed by atoms with Gasteiger partial charge in [0.1, 0.15) is 5.82 Å². The molecule has 3 aliphatic rings. The van der Waals surface area contributed by atoms with E-state index >= 15 is 0 Å². The van der Waals surface area contributed by atoms with Crippen LogP contribution in [0.15, 0.2) is 21.8 Å². The largest absolute Gasteiger partial charge is 0.451 e. The number of sulfonamides is 1. The summed E-state index contributed by atoms with van der Waals surface area (Å²) in [6, 6.07) is 0.318. The second kappa shape index (κ2) is 6.30. The zero-order chi connectivity index (χ0) is 20.4. The molecule has 1 aromatic carbocycles. The highest BCUT2D eigenvalue weighted by Gasteiger charge is 2.44. The lowest BCUT2D eigenvalue weighted by Crippen LogP contribution is -2.34. The van der Waals surface area contributed by atoms with Crippen LogP contribution in [0.5, 0.6) is 0 Å². The number of nitrogens with one attached hydrogen (secondary N) is 2. The van der Waals surface area contributed by atoms with Gasteiger partial charge in [0.15, 0.2) is 0 Å². The van der Waals surface area contributed by atoms with E-state index in [2.05, 4.69) is 5.32 Å². The van der Waals surface area contributed by atoms with Crippen LogP contribution in [-0.2, 0) is 41.3 Å². The minimum Gasteiger partial charge on any atom is -0.451 e. The molecule has 3 aliphatic carbocycles. The van der Waals surface area contributed by atoms with Gasteiger partial charge in [-0.25, -0.2) is 13.9 Å². The predicted octanol–water partition coefficient (Wildman–Crippen LogP) is 2.89. The third kappa shape index (κ3) is 3.03. The highest BCUT2D eigenvalue weighted by atomic mass is 32.2. The predicted molar refractivity (Wildman–Crippen MR) is 102 cm³/mol. The van der Waals surface area contributed by atoms with Gasteiger partial charge in [0, 0.05) is 17.3 Å². The molecule has 5 rings (SSSR count). The van der Waals surface area contributed by atoms with Crippen molar-refractivity contribution in [1.29, 1.82) is 0 Å². The molecule has 0 spiro atoms. The van der Waals surface area contributed by atoms with Crippen LogP contribution in [0.25, 0.3) is 0 Å². The molecule has 154 valence electrons. The molecule has 7 nitrogen and oxygen atoms in total. The van der Waals surface area contributed by atoms with E-state index in [1.807, 2.05) is 4.72 Å². The van der Waals surface area contributed by atoms with Crippen LogP contribution >= 0.6 is 0 Å². The average molecular weight is 420 g/mol. The zero-order valence-electron chi connectivity index (χ0n) is 15.7. The summed E-state index contributed by atoms with van der Waals surface area (Å²) < 4.78 is 46.8. The molecule has 29 heavy (non-hydrogen) atoms. The number of carbonyl (C=O) groups excluding carboxylic acids is 1. The van der Waals surface area contributed by atoms with Crippen molar-refractivity contribution in [1.82, 2.24) is 4.72 Å². The standard InChI is InChI=1S/C20H21FN2O5S/c21-17-12-3-1-5-14(12)18(15-6-2-4-13(15)17)22-19(24)23-29(26,27)16-9-11(10-28-16)20(25)7-8-20/h9-10,25H,1-8H2,(H2,22,23,24). The number of amides is 2. The van der Waals surface area contributed by atoms with Gasteiger partial charge in [-0.05, 0) is 73.6 Å². The first kappa shape index (κ1) is 18.6. The number of carbonyl (C=O) groups is 1. The maximum atomic E-state index is 14.7. The molecule has 0 aliphatic heterocycles. The molecular weight excluding hydrogens is 399 g/mol. The second-order valence-corrected chi connectivity index (χ2v) is 9.67. The van der Waals surface area contributed by atoms with Gasteiger partial charge in [-0.15, -0.1) is 0 Å². The van der Waals surface area contributed by atoms with Crippen LogP contribution < -0.4 is 10.0 Å². The number of anilines is 1. The summed E-state index contributed by atoms with van der Waals surface area (Å²) in [6.07, 6.45) is 6.45. The van der Waals surface area contributed by atoms with Gasteiger partial charge in [-0.3, -0.25) is 0 Å². The first-order valence-electron chi connectivity index (χ1n) is 9.79. The van der Waals surface area contributed by atoms with Crippen molar-refractivity contribution in [3.8, 4) is 0 Å². The van der Waals surface area contributed by atoms with Crippen LogP contribution in [0.4, 0.5) is 14.9 Å². The number of benzene rings is 1. The van der Waals surface area contributed by atoms with Gasteiger partial charge in [-0.2, -0.15) is 8.42 Å². The van der Waals surface area contributed by atoms with E-state index in [1.165, 1.54) is 12.3 Å². The molecule has 0 radical (unpaired) electrons. The van der Waals surface area contributed by atoms with E-state index < -0.39 is 26.7 Å². The Kier molecular flexibility index (Phi) is 4.05. The van der Waals surface area contributed by atoms with Crippen molar-refractivity contribution in [2.45, 2.75) is 62.1 Å². The van der Waals surface area contributed by atoms with Crippen molar-refractivity contribution in [3.63, 3.8) is 0 Å². The molecule has 2 aromatic rings. The SMILES string of the molecule is O=C(Nc1c2c(c(F)c3c1CCC3)CCC2)NS(=O)(=O)c1cc(C2(O)CC2)co1. The third-order valence-corrected chi connectivity index (χ3v) is 7.33. The average Bonchev–Trinajstić information content (AvgIpc) is 3.17. The molecule has 0 unspecified atom stereocenters. The van der Waals surface area contributed by atoms with Crippen LogP contribution in [0, 0.1) is 5.82 Å². The van der Waals surface area contributed by atoms with Crippen LogP contribution in [-0.4, -0.2) is 19.6 Å². The summed E-state index contributed by atoms with van der Waals surface area (Å²) >= 11 is 0. The second-order valence-electron chi connectivity index (χ2n) is 8.06. The van der Waals surface area contributed by atoms with E-state index in [4.69, 9.17) is 4.42 Å². The number of urea groups is 1. The molecule has 0 saturated heterocycles. The molecule has 0 bridgehead atoms. The summed E-state index contributed by atoms with van der Waals surface area (Å²) in [7, 11) is -4.24. The van der Waals surface area contributed by atoms with Gasteiger partial charge in [0.25, 0.3) is 10.0 Å². The molecule has 2 amide bonds. The van der Waals surface area contributed by atoms with Crippen LogP contribution in [0.3, 0.4) is 0 Å². The lowest BCUT2D eigenvalue weighted by atomic mass is 9.98. The zero-order valence-corrected chi connectivity index (χ0v) is 16.5. The molecule has 1 heterocycles. The van der Waals surface area contributed by atoms with E-state index in [1.54, 1.807) is 0 Å². The van der Waals surface area contributed by atoms with E-state index in [9.17, 15) is 22.7 Å². The molecule has 0 atom stereocenters. The van der Waals surface area contributed by atoms with Gasteiger partial charge in [0.05, 0.1) is 11.9 Å². The van der Waals surface area contributed by atoms with Gasteiger partial charge in [-0.1, -0.05) is 0 Å². The summed E-state index contributed by atoms with van der Waals surface area (Å²) in [5.41, 5.74) is 2.71. The minimum absolute atomic E-state index is 0.162. The Morgan fingerprint density at radius 1 is 1.07 bits per heavy atom. The van der Waals surface area contributed by atoms with Crippen molar-refractivity contribution >= 4 is 21.7 Å². The number of fused-ring (bicyclic) bond motifs is 2. The smallest absolute Gasteiger partial charge is 0.333 e. The third-order valence-electron chi connectivity index (χ3n) is 6.14. The summed E-state index contributed by atoms with van der Waals surface area (Å²) in [5.74, 6) is -0.162. The van der Waals surface area contributed by atoms with Gasteiger partial charge >= 0.3 is 6.03 Å². The maximum Gasteiger partial charge on any atom is 0.333 e. The number of furan rings is 1. The fraction of sp³-hybridized carbons (Fsp3) is 0.450. The van der Waals surface area contributed by atoms with E-state index in [-0.39, 0.29) is 5.82 Å². The van der Waals surface area contributed by atoms with E-state index in [0.717, 1.165) is 24.0 Å². The van der Waals surface area contributed by atoms with Crippen LogP contribution in [0.1, 0.15) is 53.5 Å². The Balaban J connectivity index is 1.40. The van der Waals surface area contributed by atoms with Crippen molar-refractivity contribution in [2.24, 2.45) is 0 Å². The Bertz CT molecular complexity index is 1100. The Hall–Kier alpha value is -2.39. The van der Waals surface area contributed by atoms with Crippen LogP contribution in [0.2, 0.25) is 0 Å².